The lowest BCUT2D eigenvalue weighted by atomic mass is 9.97. The van der Waals surface area contributed by atoms with Gasteiger partial charge in [0.05, 0.1) is 0 Å². The van der Waals surface area contributed by atoms with Gasteiger partial charge in [-0.25, -0.2) is 4.39 Å². The monoisotopic (exact) mass is 288 g/mol. The molecular formula is C14H22ClFN2O. The minimum absolute atomic E-state index is 0. The quantitative estimate of drug-likeness (QED) is 0.845. The Bertz CT molecular complexity index is 401. The van der Waals surface area contributed by atoms with E-state index in [0.29, 0.717) is 19.5 Å². The number of carbonyl (C=O) groups is 1. The van der Waals surface area contributed by atoms with E-state index >= 15 is 0 Å². The number of hydrogen-bond acceptors (Lipinski definition) is 2. The highest BCUT2D eigenvalue weighted by atomic mass is 35.5. The molecule has 19 heavy (non-hydrogen) atoms. The van der Waals surface area contributed by atoms with Crippen LogP contribution < -0.4 is 11.1 Å². The van der Waals surface area contributed by atoms with Gasteiger partial charge < -0.3 is 11.1 Å². The van der Waals surface area contributed by atoms with E-state index in [4.69, 9.17) is 5.73 Å². The van der Waals surface area contributed by atoms with E-state index in [1.165, 1.54) is 12.1 Å². The number of nitrogens with one attached hydrogen (secondary N) is 1. The smallest absolute Gasteiger partial charge is 0.220 e. The minimum atomic E-state index is -0.267. The highest BCUT2D eigenvalue weighted by Crippen LogP contribution is 2.19. The van der Waals surface area contributed by atoms with Crippen molar-refractivity contribution in [2.45, 2.75) is 26.2 Å². The molecule has 0 aliphatic carbocycles. The summed E-state index contributed by atoms with van der Waals surface area (Å²) in [5.41, 5.74) is 6.32. The topological polar surface area (TPSA) is 55.1 Å². The van der Waals surface area contributed by atoms with Crippen LogP contribution in [0.4, 0.5) is 4.39 Å². The Labute approximate surface area is 120 Å². The average Bonchev–Trinajstić information content (AvgIpc) is 2.35. The zero-order valence-electron chi connectivity index (χ0n) is 11.4. The highest BCUT2D eigenvalue weighted by Gasteiger charge is 2.12. The van der Waals surface area contributed by atoms with Gasteiger partial charge in [-0.2, -0.15) is 0 Å². The zero-order valence-corrected chi connectivity index (χ0v) is 12.2. The summed E-state index contributed by atoms with van der Waals surface area (Å²) in [4.78, 5) is 11.7. The predicted octanol–water partition coefficient (Wildman–Crippen LogP) is 2.45. The van der Waals surface area contributed by atoms with Crippen molar-refractivity contribution in [2.75, 3.05) is 13.1 Å². The lowest BCUT2D eigenvalue weighted by Crippen LogP contribution is -2.31. The summed E-state index contributed by atoms with van der Waals surface area (Å²) in [6, 6.07) is 6.37. The first-order valence-corrected chi connectivity index (χ1v) is 6.25. The molecule has 3 nitrogen and oxygen atoms in total. The number of halogens is 2. The first kappa shape index (κ1) is 17.9. The molecule has 1 rings (SSSR count). The number of rotatable bonds is 6. The van der Waals surface area contributed by atoms with Crippen LogP contribution in [0.3, 0.4) is 0 Å². The fourth-order valence-corrected chi connectivity index (χ4v) is 1.65. The number of carbonyl (C=O) groups excluding carboxylic acids is 1. The van der Waals surface area contributed by atoms with Crippen molar-refractivity contribution in [3.05, 3.63) is 35.6 Å². The second kappa shape index (κ2) is 8.88. The molecule has 0 heterocycles. The van der Waals surface area contributed by atoms with Crippen LogP contribution in [0, 0.1) is 11.7 Å². The van der Waals surface area contributed by atoms with E-state index in [-0.39, 0.29) is 36.0 Å². The van der Waals surface area contributed by atoms with Gasteiger partial charge in [0.15, 0.2) is 0 Å². The average molecular weight is 289 g/mol. The van der Waals surface area contributed by atoms with Crippen LogP contribution in [-0.4, -0.2) is 19.0 Å². The molecule has 0 spiro atoms. The van der Waals surface area contributed by atoms with E-state index in [1.807, 2.05) is 19.9 Å². The second-order valence-corrected chi connectivity index (χ2v) is 4.81. The molecule has 3 N–H and O–H groups in total. The van der Waals surface area contributed by atoms with Crippen LogP contribution in [-0.2, 0) is 4.79 Å². The third-order valence-corrected chi connectivity index (χ3v) is 2.96. The Morgan fingerprint density at radius 3 is 2.68 bits per heavy atom. The maximum atomic E-state index is 13.1. The molecule has 0 aromatic heterocycles. The summed E-state index contributed by atoms with van der Waals surface area (Å²) in [6.07, 6.45) is 0.362. The summed E-state index contributed by atoms with van der Waals surface area (Å²) in [5, 5.41) is 2.84. The Kier molecular flexibility index (Phi) is 8.35. The summed E-state index contributed by atoms with van der Waals surface area (Å²) in [5.74, 6) is -0.00381. The van der Waals surface area contributed by atoms with Crippen molar-refractivity contribution in [3.63, 3.8) is 0 Å². The molecule has 2 atom stereocenters. The Balaban J connectivity index is 0.00000324. The molecule has 1 aromatic rings. The molecule has 0 radical (unpaired) electrons. The summed E-state index contributed by atoms with van der Waals surface area (Å²) < 4.78 is 13.1. The molecule has 2 unspecified atom stereocenters. The molecule has 108 valence electrons. The van der Waals surface area contributed by atoms with Crippen LogP contribution in [0.2, 0.25) is 0 Å². The van der Waals surface area contributed by atoms with E-state index < -0.39 is 0 Å². The molecule has 0 aliphatic heterocycles. The number of nitrogens with two attached hydrogens (primary N) is 1. The van der Waals surface area contributed by atoms with Crippen LogP contribution in [0.25, 0.3) is 0 Å². The van der Waals surface area contributed by atoms with Gasteiger partial charge in [-0.1, -0.05) is 26.0 Å². The van der Waals surface area contributed by atoms with Gasteiger partial charge in [0.2, 0.25) is 5.91 Å². The molecule has 1 amide bonds. The van der Waals surface area contributed by atoms with Crippen molar-refractivity contribution >= 4 is 18.3 Å². The second-order valence-electron chi connectivity index (χ2n) is 4.81. The SMILES string of the molecule is CC(CN)CNC(=O)CC(C)c1cccc(F)c1.Cl. The number of hydrogen-bond donors (Lipinski definition) is 2. The van der Waals surface area contributed by atoms with Gasteiger partial charge in [0, 0.05) is 13.0 Å². The van der Waals surface area contributed by atoms with E-state index in [0.717, 1.165) is 5.56 Å². The predicted molar refractivity (Wildman–Crippen MR) is 77.9 cm³/mol. The Hall–Kier alpha value is -1.13. The fourth-order valence-electron chi connectivity index (χ4n) is 1.65. The Morgan fingerprint density at radius 1 is 1.42 bits per heavy atom. The van der Waals surface area contributed by atoms with Gasteiger partial charge in [-0.05, 0) is 36.1 Å². The van der Waals surface area contributed by atoms with E-state index in [9.17, 15) is 9.18 Å². The summed E-state index contributed by atoms with van der Waals surface area (Å²) in [6.45, 7) is 5.04. The van der Waals surface area contributed by atoms with Crippen molar-refractivity contribution in [2.24, 2.45) is 11.7 Å². The molecule has 0 fully saturated rings. The first-order valence-electron chi connectivity index (χ1n) is 6.25. The molecule has 0 aliphatic rings. The molecule has 0 saturated heterocycles. The van der Waals surface area contributed by atoms with Crippen molar-refractivity contribution in [1.29, 1.82) is 0 Å². The summed E-state index contributed by atoms with van der Waals surface area (Å²) >= 11 is 0. The number of benzene rings is 1. The first-order chi connectivity index (χ1) is 8.52. The van der Waals surface area contributed by atoms with Crippen LogP contribution in [0.5, 0.6) is 0 Å². The third kappa shape index (κ3) is 6.55. The lowest BCUT2D eigenvalue weighted by Gasteiger charge is -2.14. The minimum Gasteiger partial charge on any atom is -0.356 e. The van der Waals surface area contributed by atoms with Crippen molar-refractivity contribution in [1.82, 2.24) is 5.32 Å². The van der Waals surface area contributed by atoms with Gasteiger partial charge in [-0.15, -0.1) is 12.4 Å². The molecule has 1 aromatic carbocycles. The van der Waals surface area contributed by atoms with Gasteiger partial charge >= 0.3 is 0 Å². The normalized spacial score (nSPS) is 13.3. The lowest BCUT2D eigenvalue weighted by molar-refractivity contribution is -0.121. The van der Waals surface area contributed by atoms with Crippen molar-refractivity contribution in [3.8, 4) is 0 Å². The van der Waals surface area contributed by atoms with Crippen LogP contribution >= 0.6 is 12.4 Å². The summed E-state index contributed by atoms with van der Waals surface area (Å²) in [7, 11) is 0. The standard InChI is InChI=1S/C14H21FN2O.ClH/c1-10(8-16)9-17-14(18)6-11(2)12-4-3-5-13(15)7-12;/h3-5,7,10-11H,6,8-9,16H2,1-2H3,(H,17,18);1H. The maximum absolute atomic E-state index is 13.1. The van der Waals surface area contributed by atoms with Gasteiger partial charge in [0.25, 0.3) is 0 Å². The molecular weight excluding hydrogens is 267 g/mol. The fraction of sp³-hybridized carbons (Fsp3) is 0.500. The van der Waals surface area contributed by atoms with E-state index in [2.05, 4.69) is 5.32 Å². The molecule has 0 bridgehead atoms. The largest absolute Gasteiger partial charge is 0.356 e. The van der Waals surface area contributed by atoms with Gasteiger partial charge in [0.1, 0.15) is 5.82 Å². The Morgan fingerprint density at radius 2 is 2.11 bits per heavy atom. The van der Waals surface area contributed by atoms with E-state index in [1.54, 1.807) is 6.07 Å². The molecule has 0 saturated carbocycles. The molecule has 5 heteroatoms. The van der Waals surface area contributed by atoms with Crippen molar-refractivity contribution < 1.29 is 9.18 Å². The maximum Gasteiger partial charge on any atom is 0.220 e. The highest BCUT2D eigenvalue weighted by molar-refractivity contribution is 5.85. The third-order valence-electron chi connectivity index (χ3n) is 2.96. The zero-order chi connectivity index (χ0) is 13.5. The van der Waals surface area contributed by atoms with Crippen LogP contribution in [0.1, 0.15) is 31.7 Å². The van der Waals surface area contributed by atoms with Crippen LogP contribution in [0.15, 0.2) is 24.3 Å². The number of amides is 1. The van der Waals surface area contributed by atoms with Gasteiger partial charge in [-0.3, -0.25) is 4.79 Å².